The average molecular weight is 277 g/mol. The molecule has 1 heterocycles. The van der Waals surface area contributed by atoms with Crippen molar-refractivity contribution in [1.29, 1.82) is 0 Å². The van der Waals surface area contributed by atoms with Gasteiger partial charge in [0.25, 0.3) is 0 Å². The zero-order valence-corrected chi connectivity index (χ0v) is 11.1. The fourth-order valence-electron chi connectivity index (χ4n) is 2.08. The molecule has 0 bridgehead atoms. The van der Waals surface area contributed by atoms with Crippen molar-refractivity contribution in [3.63, 3.8) is 0 Å². The van der Waals surface area contributed by atoms with E-state index in [1.165, 1.54) is 22.8 Å². The molecule has 0 aliphatic carbocycles. The quantitative estimate of drug-likeness (QED) is 0.766. The van der Waals surface area contributed by atoms with Gasteiger partial charge in [-0.2, -0.15) is 0 Å². The molecule has 0 radical (unpaired) electrons. The summed E-state index contributed by atoms with van der Waals surface area (Å²) in [4.78, 5) is 37.4. The standard InChI is InChI=1S/C13H15N3O4/c1-3-14-11(17)7(2)16-10-6-8(12(18)19)4-5-9(10)15-13(16)20/h4-7H,3H2,1-2H3,(H,14,17)(H,15,20)(H,18,19). The second kappa shape index (κ2) is 5.20. The molecular formula is C13H15N3O4. The van der Waals surface area contributed by atoms with Gasteiger partial charge in [0.2, 0.25) is 5.91 Å². The first-order valence-electron chi connectivity index (χ1n) is 6.21. The number of fused-ring (bicyclic) bond motifs is 1. The Labute approximate surface area is 114 Å². The van der Waals surface area contributed by atoms with Gasteiger partial charge in [0.1, 0.15) is 6.04 Å². The van der Waals surface area contributed by atoms with Gasteiger partial charge in [0, 0.05) is 6.54 Å². The van der Waals surface area contributed by atoms with E-state index >= 15 is 0 Å². The number of carboxylic acid groups (broad SMARTS) is 1. The minimum atomic E-state index is -1.09. The lowest BCUT2D eigenvalue weighted by atomic mass is 10.2. The number of rotatable bonds is 4. The van der Waals surface area contributed by atoms with E-state index in [-0.39, 0.29) is 11.5 Å². The average Bonchev–Trinajstić information content (AvgIpc) is 2.72. The summed E-state index contributed by atoms with van der Waals surface area (Å²) in [5, 5.41) is 11.6. The third-order valence-corrected chi connectivity index (χ3v) is 3.08. The van der Waals surface area contributed by atoms with Crippen LogP contribution in [0, 0.1) is 0 Å². The number of carbonyl (C=O) groups excluding carboxylic acids is 1. The van der Waals surface area contributed by atoms with Crippen molar-refractivity contribution >= 4 is 22.9 Å². The molecule has 3 N–H and O–H groups in total. The first-order valence-corrected chi connectivity index (χ1v) is 6.21. The van der Waals surface area contributed by atoms with E-state index in [9.17, 15) is 14.4 Å². The molecule has 0 saturated carbocycles. The summed E-state index contributed by atoms with van der Waals surface area (Å²) in [7, 11) is 0. The molecule has 0 aliphatic heterocycles. The molecule has 1 aromatic heterocycles. The number of benzene rings is 1. The lowest BCUT2D eigenvalue weighted by molar-refractivity contribution is -0.123. The Kier molecular flexibility index (Phi) is 3.60. The molecule has 1 amide bonds. The molecule has 2 rings (SSSR count). The van der Waals surface area contributed by atoms with Crippen molar-refractivity contribution in [1.82, 2.24) is 14.9 Å². The number of amides is 1. The van der Waals surface area contributed by atoms with Crippen molar-refractivity contribution in [2.24, 2.45) is 0 Å². The summed E-state index contributed by atoms with van der Waals surface area (Å²) in [6, 6.07) is 3.58. The first-order chi connectivity index (χ1) is 9.45. The van der Waals surface area contributed by atoms with Gasteiger partial charge in [-0.25, -0.2) is 9.59 Å². The van der Waals surface area contributed by atoms with Crippen LogP contribution in [0.4, 0.5) is 0 Å². The predicted octanol–water partition coefficient (Wildman–Crippen LogP) is 0.725. The van der Waals surface area contributed by atoms with E-state index in [0.717, 1.165) is 0 Å². The lowest BCUT2D eigenvalue weighted by Crippen LogP contribution is -2.34. The van der Waals surface area contributed by atoms with Gasteiger partial charge in [-0.3, -0.25) is 9.36 Å². The maximum atomic E-state index is 11.9. The zero-order valence-electron chi connectivity index (χ0n) is 11.1. The van der Waals surface area contributed by atoms with E-state index in [1.54, 1.807) is 13.8 Å². The maximum absolute atomic E-state index is 11.9. The second-order valence-electron chi connectivity index (χ2n) is 4.41. The molecule has 0 fully saturated rings. The van der Waals surface area contributed by atoms with Crippen LogP contribution in [0.5, 0.6) is 0 Å². The van der Waals surface area contributed by atoms with Gasteiger partial charge in [-0.1, -0.05) is 0 Å². The number of nitrogens with one attached hydrogen (secondary N) is 2. The van der Waals surface area contributed by atoms with E-state index in [0.29, 0.717) is 17.6 Å². The normalized spacial score (nSPS) is 12.3. The monoisotopic (exact) mass is 277 g/mol. The summed E-state index contributed by atoms with van der Waals surface area (Å²) in [6.45, 7) is 3.83. The summed E-state index contributed by atoms with van der Waals surface area (Å²) < 4.78 is 1.26. The van der Waals surface area contributed by atoms with Crippen LogP contribution in [-0.2, 0) is 4.79 Å². The van der Waals surface area contributed by atoms with Crippen LogP contribution >= 0.6 is 0 Å². The Morgan fingerprint density at radius 2 is 2.15 bits per heavy atom. The van der Waals surface area contributed by atoms with Gasteiger partial charge in [0.15, 0.2) is 0 Å². The Hall–Kier alpha value is -2.57. The number of hydrogen-bond acceptors (Lipinski definition) is 3. The zero-order chi connectivity index (χ0) is 14.9. The Bertz CT molecular complexity index is 729. The molecule has 0 aliphatic rings. The highest BCUT2D eigenvalue weighted by atomic mass is 16.4. The fraction of sp³-hybridized carbons (Fsp3) is 0.308. The summed E-state index contributed by atoms with van der Waals surface area (Å²) in [6.07, 6.45) is 0. The van der Waals surface area contributed by atoms with Gasteiger partial charge in [0.05, 0.1) is 16.6 Å². The van der Waals surface area contributed by atoms with Crippen molar-refractivity contribution in [3.05, 3.63) is 34.2 Å². The van der Waals surface area contributed by atoms with Crippen molar-refractivity contribution in [2.45, 2.75) is 19.9 Å². The number of likely N-dealkylation sites (N-methyl/N-ethyl adjacent to an activating group) is 1. The number of hydrogen-bond donors (Lipinski definition) is 3. The highest BCUT2D eigenvalue weighted by Gasteiger charge is 2.20. The van der Waals surface area contributed by atoms with Crippen LogP contribution in [0.3, 0.4) is 0 Å². The maximum Gasteiger partial charge on any atom is 0.335 e. The van der Waals surface area contributed by atoms with E-state index in [4.69, 9.17) is 5.11 Å². The van der Waals surface area contributed by atoms with E-state index < -0.39 is 17.7 Å². The molecule has 1 unspecified atom stereocenters. The molecule has 2 aromatic rings. The minimum absolute atomic E-state index is 0.0633. The first kappa shape index (κ1) is 13.9. The van der Waals surface area contributed by atoms with Crippen LogP contribution < -0.4 is 11.0 Å². The predicted molar refractivity (Wildman–Crippen MR) is 72.9 cm³/mol. The second-order valence-corrected chi connectivity index (χ2v) is 4.41. The Morgan fingerprint density at radius 1 is 1.45 bits per heavy atom. The van der Waals surface area contributed by atoms with Crippen LogP contribution in [0.25, 0.3) is 11.0 Å². The number of imidazole rings is 1. The summed E-state index contributed by atoms with van der Waals surface area (Å²) in [5.74, 6) is -1.38. The molecule has 1 aromatic carbocycles. The highest BCUT2D eigenvalue weighted by molar-refractivity contribution is 5.93. The molecule has 7 heteroatoms. The number of nitrogens with zero attached hydrogens (tertiary/aromatic N) is 1. The van der Waals surface area contributed by atoms with Crippen molar-refractivity contribution in [3.8, 4) is 0 Å². The minimum Gasteiger partial charge on any atom is -0.478 e. The summed E-state index contributed by atoms with van der Waals surface area (Å²) >= 11 is 0. The van der Waals surface area contributed by atoms with Gasteiger partial charge < -0.3 is 15.4 Å². The van der Waals surface area contributed by atoms with Crippen molar-refractivity contribution < 1.29 is 14.7 Å². The number of aromatic nitrogens is 2. The number of H-pyrrole nitrogens is 1. The van der Waals surface area contributed by atoms with Gasteiger partial charge in [-0.05, 0) is 32.0 Å². The number of carbonyl (C=O) groups is 2. The molecule has 0 saturated heterocycles. The Balaban J connectivity index is 2.59. The number of aromatic carboxylic acids is 1. The number of carboxylic acids is 1. The molecule has 0 spiro atoms. The topological polar surface area (TPSA) is 104 Å². The van der Waals surface area contributed by atoms with Gasteiger partial charge in [-0.15, -0.1) is 0 Å². The molecule has 7 nitrogen and oxygen atoms in total. The molecule has 106 valence electrons. The molecule has 1 atom stereocenters. The van der Waals surface area contributed by atoms with Gasteiger partial charge >= 0.3 is 11.7 Å². The fourth-order valence-corrected chi connectivity index (χ4v) is 2.08. The Morgan fingerprint density at radius 3 is 2.75 bits per heavy atom. The molecule has 20 heavy (non-hydrogen) atoms. The van der Waals surface area contributed by atoms with Crippen molar-refractivity contribution in [2.75, 3.05) is 6.54 Å². The smallest absolute Gasteiger partial charge is 0.335 e. The number of aromatic amines is 1. The SMILES string of the molecule is CCNC(=O)C(C)n1c(=O)[nH]c2ccc(C(=O)O)cc21. The third-order valence-electron chi connectivity index (χ3n) is 3.08. The van der Waals surface area contributed by atoms with E-state index in [2.05, 4.69) is 10.3 Å². The third kappa shape index (κ3) is 2.29. The largest absolute Gasteiger partial charge is 0.478 e. The highest BCUT2D eigenvalue weighted by Crippen LogP contribution is 2.17. The van der Waals surface area contributed by atoms with Crippen LogP contribution in [0.1, 0.15) is 30.2 Å². The van der Waals surface area contributed by atoms with E-state index in [1.807, 2.05) is 0 Å². The van der Waals surface area contributed by atoms with Crippen LogP contribution in [0.15, 0.2) is 23.0 Å². The summed E-state index contributed by atoms with van der Waals surface area (Å²) in [5.41, 5.74) is 0.513. The van der Waals surface area contributed by atoms with Crippen LogP contribution in [-0.4, -0.2) is 33.1 Å². The lowest BCUT2D eigenvalue weighted by Gasteiger charge is -2.13. The van der Waals surface area contributed by atoms with Crippen LogP contribution in [0.2, 0.25) is 0 Å². The molecular weight excluding hydrogens is 262 g/mol.